The number of carbonyl (C=O) groups excluding carboxylic acids is 2. The second-order valence-corrected chi connectivity index (χ2v) is 8.19. The van der Waals surface area contributed by atoms with E-state index in [4.69, 9.17) is 16.0 Å². The third-order valence-corrected chi connectivity index (χ3v) is 6.06. The molecule has 2 N–H and O–H groups in total. The summed E-state index contributed by atoms with van der Waals surface area (Å²) in [6.45, 7) is 0.0231. The van der Waals surface area contributed by atoms with Crippen LogP contribution < -0.4 is 0 Å². The Balaban J connectivity index is 1.69. The zero-order valence-corrected chi connectivity index (χ0v) is 18.0. The number of halogens is 1. The number of benzene rings is 3. The van der Waals surface area contributed by atoms with Crippen LogP contribution in [0.25, 0.3) is 16.5 Å². The summed E-state index contributed by atoms with van der Waals surface area (Å²) in [5, 5.41) is 23.0. The lowest BCUT2D eigenvalue weighted by molar-refractivity contribution is -0.140. The smallest absolute Gasteiger partial charge is 0.296 e. The summed E-state index contributed by atoms with van der Waals surface area (Å²) in [5.41, 5.74) is 0.842. The fraction of sp³-hybridized carbons (Fsp3) is 0.0769. The van der Waals surface area contributed by atoms with E-state index in [-0.39, 0.29) is 28.6 Å². The first-order valence-corrected chi connectivity index (χ1v) is 10.6. The molecule has 0 aliphatic carbocycles. The molecule has 0 saturated carbocycles. The van der Waals surface area contributed by atoms with Crippen LogP contribution in [0.3, 0.4) is 0 Å². The van der Waals surface area contributed by atoms with E-state index in [0.717, 1.165) is 10.8 Å². The molecule has 33 heavy (non-hydrogen) atoms. The Kier molecular flexibility index (Phi) is 5.15. The fourth-order valence-corrected chi connectivity index (χ4v) is 4.33. The number of phenols is 1. The second kappa shape index (κ2) is 8.15. The van der Waals surface area contributed by atoms with Crippen molar-refractivity contribution in [2.45, 2.75) is 12.6 Å². The van der Waals surface area contributed by atoms with Gasteiger partial charge >= 0.3 is 0 Å². The summed E-state index contributed by atoms with van der Waals surface area (Å²) >= 11 is 6.13. The number of aromatic hydroxyl groups is 1. The zero-order chi connectivity index (χ0) is 23.1. The molecular formula is C26H18ClNO5. The molecule has 164 valence electrons. The van der Waals surface area contributed by atoms with Crippen molar-refractivity contribution in [3.63, 3.8) is 0 Å². The fourth-order valence-electron chi connectivity index (χ4n) is 4.15. The first-order chi connectivity index (χ1) is 15.9. The van der Waals surface area contributed by atoms with Gasteiger partial charge < -0.3 is 19.5 Å². The quantitative estimate of drug-likeness (QED) is 0.242. The number of hydrogen-bond acceptors (Lipinski definition) is 5. The van der Waals surface area contributed by atoms with Gasteiger partial charge in [0, 0.05) is 5.56 Å². The lowest BCUT2D eigenvalue weighted by atomic mass is 9.94. The highest BCUT2D eigenvalue weighted by Crippen LogP contribution is 2.42. The highest BCUT2D eigenvalue weighted by Gasteiger charge is 2.46. The van der Waals surface area contributed by atoms with Crippen LogP contribution in [0.4, 0.5) is 0 Å². The van der Waals surface area contributed by atoms with Gasteiger partial charge in [-0.05, 0) is 46.7 Å². The van der Waals surface area contributed by atoms with Crippen LogP contribution in [0, 0.1) is 0 Å². The Morgan fingerprint density at radius 2 is 1.76 bits per heavy atom. The van der Waals surface area contributed by atoms with Crippen molar-refractivity contribution in [1.29, 1.82) is 0 Å². The average molecular weight is 460 g/mol. The summed E-state index contributed by atoms with van der Waals surface area (Å²) in [4.78, 5) is 27.5. The van der Waals surface area contributed by atoms with Crippen molar-refractivity contribution in [3.05, 3.63) is 107 Å². The van der Waals surface area contributed by atoms with Gasteiger partial charge in [-0.25, -0.2) is 0 Å². The number of hydrogen-bond donors (Lipinski definition) is 2. The van der Waals surface area contributed by atoms with Gasteiger partial charge in [-0.15, -0.1) is 0 Å². The molecule has 0 radical (unpaired) electrons. The maximum atomic E-state index is 13.1. The molecule has 1 fully saturated rings. The van der Waals surface area contributed by atoms with E-state index in [1.807, 2.05) is 30.3 Å². The Labute approximate surface area is 193 Å². The molecule has 0 spiro atoms. The Hall–Kier alpha value is -4.03. The standard InChI is InChI=1S/C26H18ClNO5/c27-20-13-17(9-10-21(20)29)23-22(25(31)26(32)28(23)14-19-6-3-11-33-19)24(30)18-8-7-15-4-1-2-5-16(15)12-18/h1-13,23,29-30H,14H2/b24-22-. The zero-order valence-electron chi connectivity index (χ0n) is 17.2. The summed E-state index contributed by atoms with van der Waals surface area (Å²) in [6, 6.07) is 19.9. The normalized spacial score (nSPS) is 17.7. The van der Waals surface area contributed by atoms with E-state index < -0.39 is 17.7 Å². The number of furan rings is 1. The van der Waals surface area contributed by atoms with Crippen molar-refractivity contribution in [3.8, 4) is 5.75 Å². The first-order valence-electron chi connectivity index (χ1n) is 10.2. The van der Waals surface area contributed by atoms with Crippen molar-refractivity contribution in [1.82, 2.24) is 4.90 Å². The average Bonchev–Trinajstić information content (AvgIpc) is 3.42. The SMILES string of the molecule is O=C1C(=O)N(Cc2ccco2)C(c2ccc(O)c(Cl)c2)/C1=C(/O)c1ccc2ccccc2c1. The third kappa shape index (κ3) is 3.64. The van der Waals surface area contributed by atoms with E-state index in [2.05, 4.69) is 0 Å². The van der Waals surface area contributed by atoms with Crippen molar-refractivity contribution < 1.29 is 24.2 Å². The summed E-state index contributed by atoms with van der Waals surface area (Å²) < 4.78 is 5.38. The molecule has 3 aromatic carbocycles. The number of aliphatic hydroxyl groups is 1. The number of rotatable bonds is 4. The number of likely N-dealkylation sites (tertiary alicyclic amines) is 1. The lowest BCUT2D eigenvalue weighted by Crippen LogP contribution is -2.29. The third-order valence-electron chi connectivity index (χ3n) is 5.76. The lowest BCUT2D eigenvalue weighted by Gasteiger charge is -2.24. The van der Waals surface area contributed by atoms with E-state index in [0.29, 0.717) is 16.9 Å². The topological polar surface area (TPSA) is 91.0 Å². The number of carbonyl (C=O) groups is 2. The number of nitrogens with zero attached hydrogens (tertiary/aromatic N) is 1. The number of aliphatic hydroxyl groups excluding tert-OH is 1. The highest BCUT2D eigenvalue weighted by molar-refractivity contribution is 6.46. The minimum atomic E-state index is -0.917. The summed E-state index contributed by atoms with van der Waals surface area (Å²) in [6.07, 6.45) is 1.48. The van der Waals surface area contributed by atoms with E-state index in [1.165, 1.54) is 23.3 Å². The highest BCUT2D eigenvalue weighted by atomic mass is 35.5. The molecule has 2 heterocycles. The Morgan fingerprint density at radius 3 is 2.48 bits per heavy atom. The monoisotopic (exact) mass is 459 g/mol. The van der Waals surface area contributed by atoms with Gasteiger partial charge in [0.25, 0.3) is 11.7 Å². The van der Waals surface area contributed by atoms with Gasteiger partial charge in [-0.1, -0.05) is 54.1 Å². The number of Topliss-reactive ketones (excluding diaryl/α,β-unsaturated/α-hetero) is 1. The van der Waals surface area contributed by atoms with Crippen LogP contribution in [0.15, 0.2) is 89.0 Å². The summed E-state index contributed by atoms with van der Waals surface area (Å²) in [5.74, 6) is -1.49. The van der Waals surface area contributed by atoms with Gasteiger partial charge in [0.2, 0.25) is 0 Å². The van der Waals surface area contributed by atoms with Gasteiger partial charge in [0.15, 0.2) is 0 Å². The number of ketones is 1. The second-order valence-electron chi connectivity index (χ2n) is 7.78. The van der Waals surface area contributed by atoms with E-state index in [1.54, 1.807) is 30.3 Å². The predicted molar refractivity (Wildman–Crippen MR) is 124 cm³/mol. The van der Waals surface area contributed by atoms with Crippen molar-refractivity contribution in [2.75, 3.05) is 0 Å². The molecule has 1 unspecified atom stereocenters. The van der Waals surface area contributed by atoms with Gasteiger partial charge in [-0.2, -0.15) is 0 Å². The van der Waals surface area contributed by atoms with Crippen LogP contribution in [-0.2, 0) is 16.1 Å². The van der Waals surface area contributed by atoms with E-state index in [9.17, 15) is 19.8 Å². The molecule has 1 amide bonds. The van der Waals surface area contributed by atoms with Crippen LogP contribution in [0.1, 0.15) is 22.9 Å². The number of phenolic OH excluding ortho intramolecular Hbond substituents is 1. The van der Waals surface area contributed by atoms with Crippen LogP contribution in [0.2, 0.25) is 5.02 Å². The van der Waals surface area contributed by atoms with Crippen LogP contribution in [-0.4, -0.2) is 26.8 Å². The largest absolute Gasteiger partial charge is 0.507 e. The molecule has 4 aromatic rings. The van der Waals surface area contributed by atoms with Crippen molar-refractivity contribution in [2.24, 2.45) is 0 Å². The number of fused-ring (bicyclic) bond motifs is 1. The molecule has 7 heteroatoms. The Bertz CT molecular complexity index is 1420. The molecule has 1 atom stereocenters. The molecule has 1 aromatic heterocycles. The molecule has 1 saturated heterocycles. The van der Waals surface area contributed by atoms with Gasteiger partial charge in [0.1, 0.15) is 17.3 Å². The van der Waals surface area contributed by atoms with Crippen LogP contribution in [0.5, 0.6) is 5.75 Å². The maximum absolute atomic E-state index is 13.1. The maximum Gasteiger partial charge on any atom is 0.296 e. The van der Waals surface area contributed by atoms with Crippen LogP contribution >= 0.6 is 11.6 Å². The first kappa shape index (κ1) is 20.8. The number of amides is 1. The van der Waals surface area contributed by atoms with Crippen molar-refractivity contribution >= 4 is 39.8 Å². The predicted octanol–water partition coefficient (Wildman–Crippen LogP) is 5.41. The Morgan fingerprint density at radius 1 is 0.970 bits per heavy atom. The van der Waals surface area contributed by atoms with Gasteiger partial charge in [0.05, 0.1) is 29.4 Å². The molecule has 6 nitrogen and oxygen atoms in total. The molecule has 0 bridgehead atoms. The molecular weight excluding hydrogens is 442 g/mol. The van der Waals surface area contributed by atoms with Gasteiger partial charge in [-0.3, -0.25) is 9.59 Å². The molecule has 1 aliphatic rings. The molecule has 1 aliphatic heterocycles. The minimum Gasteiger partial charge on any atom is -0.507 e. The summed E-state index contributed by atoms with van der Waals surface area (Å²) in [7, 11) is 0. The molecule has 5 rings (SSSR count). The van der Waals surface area contributed by atoms with E-state index >= 15 is 0 Å². The minimum absolute atomic E-state index is 0.0231.